The van der Waals surface area contributed by atoms with Crippen LogP contribution in [0.5, 0.6) is 17.2 Å². The lowest BCUT2D eigenvalue weighted by Gasteiger charge is -2.29. The van der Waals surface area contributed by atoms with Gasteiger partial charge >= 0.3 is 5.63 Å². The molecule has 1 aliphatic carbocycles. The number of carbonyl (C=O) groups excluding carboxylic acids is 1. The van der Waals surface area contributed by atoms with Gasteiger partial charge in [-0.1, -0.05) is 6.07 Å². The highest BCUT2D eigenvalue weighted by molar-refractivity contribution is 6.07. The molecule has 3 heterocycles. The van der Waals surface area contributed by atoms with Gasteiger partial charge in [-0.15, -0.1) is 0 Å². The average Bonchev–Trinajstić information content (AvgIpc) is 3.21. The molecule has 2 aromatic carbocycles. The lowest BCUT2D eigenvalue weighted by Crippen LogP contribution is -2.23. The Hall–Kier alpha value is -3.28. The van der Waals surface area contributed by atoms with Gasteiger partial charge in [-0.3, -0.25) is 4.79 Å². The monoisotopic (exact) mass is 404 g/mol. The average molecular weight is 404 g/mol. The largest absolute Gasteiger partial charge is 0.484 e. The van der Waals surface area contributed by atoms with Crippen LogP contribution < -0.4 is 19.8 Å². The Labute approximate surface area is 172 Å². The number of Topliss-reactive ketones (excluding diaryl/α,β-unsaturated/α-hetero) is 1. The molecule has 6 rings (SSSR count). The molecule has 0 bridgehead atoms. The Morgan fingerprint density at radius 3 is 2.63 bits per heavy atom. The normalized spacial score (nSPS) is 19.4. The standard InChI is InChI=1S/C24H20O6/c1-12-8-20-22(14-4-2-3-5-15(14)24(26)30-20)23-21(12)16(25)10-18(29-23)13-6-7-17-19(9-13)28-11-27-17/h6-9,18H,2-5,10-11H2,1H3/t18-/m1/s1. The molecule has 0 radical (unpaired) electrons. The minimum atomic E-state index is -0.435. The molecule has 30 heavy (non-hydrogen) atoms. The van der Waals surface area contributed by atoms with E-state index in [0.717, 1.165) is 46.9 Å². The van der Waals surface area contributed by atoms with Crippen molar-refractivity contribution >= 4 is 16.8 Å². The summed E-state index contributed by atoms with van der Waals surface area (Å²) in [5, 5.41) is 0.781. The third-order valence-electron chi connectivity index (χ3n) is 6.34. The summed E-state index contributed by atoms with van der Waals surface area (Å²) in [4.78, 5) is 25.7. The third-order valence-corrected chi connectivity index (χ3v) is 6.34. The van der Waals surface area contributed by atoms with E-state index in [9.17, 15) is 9.59 Å². The maximum Gasteiger partial charge on any atom is 0.339 e. The van der Waals surface area contributed by atoms with Crippen molar-refractivity contribution in [2.75, 3.05) is 6.79 Å². The minimum Gasteiger partial charge on any atom is -0.484 e. The number of ether oxygens (including phenoxy) is 3. The third kappa shape index (κ3) is 2.49. The molecule has 2 aliphatic heterocycles. The molecular weight excluding hydrogens is 384 g/mol. The number of fused-ring (bicyclic) bond motifs is 6. The highest BCUT2D eigenvalue weighted by Crippen LogP contribution is 2.45. The first kappa shape index (κ1) is 17.6. The van der Waals surface area contributed by atoms with Gasteiger partial charge in [0.15, 0.2) is 17.3 Å². The number of aryl methyl sites for hydroxylation is 2. The lowest BCUT2D eigenvalue weighted by molar-refractivity contribution is 0.0851. The maximum absolute atomic E-state index is 13.2. The van der Waals surface area contributed by atoms with E-state index in [1.165, 1.54) is 0 Å². The van der Waals surface area contributed by atoms with E-state index in [0.29, 0.717) is 34.8 Å². The van der Waals surface area contributed by atoms with Crippen molar-refractivity contribution in [3.05, 3.63) is 62.5 Å². The van der Waals surface area contributed by atoms with Crippen LogP contribution in [0.3, 0.4) is 0 Å². The number of rotatable bonds is 1. The van der Waals surface area contributed by atoms with Crippen molar-refractivity contribution in [1.29, 1.82) is 0 Å². The molecule has 1 atom stereocenters. The molecule has 6 nitrogen and oxygen atoms in total. The fourth-order valence-electron chi connectivity index (χ4n) is 4.91. The molecule has 152 valence electrons. The highest BCUT2D eigenvalue weighted by atomic mass is 16.7. The predicted octanol–water partition coefficient (Wildman–Crippen LogP) is 4.42. The highest BCUT2D eigenvalue weighted by Gasteiger charge is 2.34. The summed E-state index contributed by atoms with van der Waals surface area (Å²) in [6.07, 6.45) is 3.29. The van der Waals surface area contributed by atoms with Gasteiger partial charge in [0, 0.05) is 5.56 Å². The molecule has 6 heteroatoms. The van der Waals surface area contributed by atoms with Crippen molar-refractivity contribution < 1.29 is 23.4 Å². The van der Waals surface area contributed by atoms with Gasteiger partial charge in [0.1, 0.15) is 17.4 Å². The number of ketones is 1. The fourth-order valence-corrected chi connectivity index (χ4v) is 4.91. The second-order valence-corrected chi connectivity index (χ2v) is 8.17. The van der Waals surface area contributed by atoms with E-state index >= 15 is 0 Å². The molecule has 0 amide bonds. The van der Waals surface area contributed by atoms with Gasteiger partial charge in [0.25, 0.3) is 0 Å². The Bertz CT molecular complexity index is 1290. The molecule has 0 fully saturated rings. The SMILES string of the molecule is Cc1cc2oc(=O)c3c(c2c2c1C(=O)C[C@H](c1ccc4c(c1)OCO4)O2)CCCC3. The Morgan fingerprint density at radius 1 is 0.967 bits per heavy atom. The fraction of sp³-hybridized carbons (Fsp3) is 0.333. The Kier molecular flexibility index (Phi) is 3.72. The van der Waals surface area contributed by atoms with E-state index in [1.807, 2.05) is 25.1 Å². The molecule has 0 N–H and O–H groups in total. The molecule has 0 saturated carbocycles. The topological polar surface area (TPSA) is 75.0 Å². The molecule has 0 spiro atoms. The molecule has 0 saturated heterocycles. The van der Waals surface area contributed by atoms with Crippen LogP contribution in [0.4, 0.5) is 0 Å². The Balaban J connectivity index is 1.55. The quantitative estimate of drug-likeness (QED) is 0.559. The van der Waals surface area contributed by atoms with Crippen LogP contribution in [0.25, 0.3) is 11.0 Å². The van der Waals surface area contributed by atoms with Crippen LogP contribution in [0.15, 0.2) is 33.5 Å². The molecule has 3 aliphatic rings. The van der Waals surface area contributed by atoms with Gasteiger partial charge in [0.2, 0.25) is 6.79 Å². The van der Waals surface area contributed by atoms with Crippen LogP contribution in [-0.2, 0) is 12.8 Å². The summed E-state index contributed by atoms with van der Waals surface area (Å²) >= 11 is 0. The van der Waals surface area contributed by atoms with E-state index < -0.39 is 6.10 Å². The zero-order chi connectivity index (χ0) is 20.4. The number of carbonyl (C=O) groups is 1. The van der Waals surface area contributed by atoms with Crippen LogP contribution in [0, 0.1) is 6.92 Å². The van der Waals surface area contributed by atoms with Gasteiger partial charge in [0.05, 0.1) is 17.4 Å². The van der Waals surface area contributed by atoms with Crippen molar-refractivity contribution in [2.24, 2.45) is 0 Å². The van der Waals surface area contributed by atoms with Crippen molar-refractivity contribution in [3.63, 3.8) is 0 Å². The van der Waals surface area contributed by atoms with Gasteiger partial charge in [-0.25, -0.2) is 4.79 Å². The van der Waals surface area contributed by atoms with E-state index in [2.05, 4.69) is 0 Å². The molecule has 3 aromatic rings. The van der Waals surface area contributed by atoms with Crippen LogP contribution in [0.2, 0.25) is 0 Å². The molecule has 1 aromatic heterocycles. The van der Waals surface area contributed by atoms with Gasteiger partial charge < -0.3 is 18.6 Å². The summed E-state index contributed by atoms with van der Waals surface area (Å²) in [5.74, 6) is 1.94. The summed E-state index contributed by atoms with van der Waals surface area (Å²) in [7, 11) is 0. The van der Waals surface area contributed by atoms with E-state index in [1.54, 1.807) is 6.07 Å². The second-order valence-electron chi connectivity index (χ2n) is 8.17. The summed E-state index contributed by atoms with van der Waals surface area (Å²) < 4.78 is 23.0. The van der Waals surface area contributed by atoms with E-state index in [4.69, 9.17) is 18.6 Å². The molecular formula is C24H20O6. The minimum absolute atomic E-state index is 0.0362. The summed E-state index contributed by atoms with van der Waals surface area (Å²) in [6, 6.07) is 7.42. The zero-order valence-electron chi connectivity index (χ0n) is 16.6. The number of benzene rings is 2. The maximum atomic E-state index is 13.2. The van der Waals surface area contributed by atoms with Crippen LogP contribution in [0.1, 0.15) is 58.0 Å². The smallest absolute Gasteiger partial charge is 0.339 e. The first-order valence-corrected chi connectivity index (χ1v) is 10.3. The first-order chi connectivity index (χ1) is 14.6. The first-order valence-electron chi connectivity index (χ1n) is 10.3. The van der Waals surface area contributed by atoms with Crippen molar-refractivity contribution in [1.82, 2.24) is 0 Å². The zero-order valence-corrected chi connectivity index (χ0v) is 16.6. The van der Waals surface area contributed by atoms with Crippen LogP contribution in [-0.4, -0.2) is 12.6 Å². The number of hydrogen-bond acceptors (Lipinski definition) is 6. The predicted molar refractivity (Wildman–Crippen MR) is 109 cm³/mol. The summed E-state index contributed by atoms with van der Waals surface area (Å²) in [5.41, 5.74) is 4.15. The number of hydrogen-bond donors (Lipinski definition) is 0. The van der Waals surface area contributed by atoms with Crippen molar-refractivity contribution in [2.45, 2.75) is 45.1 Å². The molecule has 0 unspecified atom stereocenters. The van der Waals surface area contributed by atoms with Crippen molar-refractivity contribution in [3.8, 4) is 17.2 Å². The van der Waals surface area contributed by atoms with E-state index in [-0.39, 0.29) is 24.6 Å². The van der Waals surface area contributed by atoms with Crippen LogP contribution >= 0.6 is 0 Å². The van der Waals surface area contributed by atoms with Gasteiger partial charge in [-0.05, 0) is 67.5 Å². The second kappa shape index (κ2) is 6.36. The Morgan fingerprint density at radius 2 is 1.77 bits per heavy atom. The lowest BCUT2D eigenvalue weighted by atomic mass is 9.86. The van der Waals surface area contributed by atoms with Gasteiger partial charge in [-0.2, -0.15) is 0 Å². The summed E-state index contributed by atoms with van der Waals surface area (Å²) in [6.45, 7) is 2.06.